The average Bonchev–Trinajstić information content (AvgIpc) is 2.75. The van der Waals surface area contributed by atoms with E-state index in [9.17, 15) is 19.2 Å². The quantitative estimate of drug-likeness (QED) is 0.169. The molecule has 35 heavy (non-hydrogen) atoms. The van der Waals surface area contributed by atoms with E-state index in [-0.39, 0.29) is 48.3 Å². The first-order valence-electron chi connectivity index (χ1n) is 12.8. The summed E-state index contributed by atoms with van der Waals surface area (Å²) in [7, 11) is 0. The van der Waals surface area contributed by atoms with Crippen molar-refractivity contribution in [2.45, 2.75) is 99.7 Å². The van der Waals surface area contributed by atoms with Crippen LogP contribution in [0.5, 0.6) is 0 Å². The molecule has 0 aromatic rings. The van der Waals surface area contributed by atoms with E-state index in [1.165, 1.54) is 0 Å². The van der Waals surface area contributed by atoms with Crippen LogP contribution in [-0.2, 0) is 28.9 Å². The molecule has 0 heterocycles. The van der Waals surface area contributed by atoms with Gasteiger partial charge in [-0.2, -0.15) is 0 Å². The number of hydrogen-bond acceptors (Lipinski definition) is 6. The van der Waals surface area contributed by atoms with E-state index >= 15 is 0 Å². The maximum Gasteiger partial charge on any atom is 0.252 e. The molecule has 204 valence electrons. The standard InChI is InChI=1S/C25H48N4O6/c1-16(2)13-20(24(32)26-14-17(3)4)34-28-21(30)11-9-10-12-22(31)29-35-23(19(7)8)25(33)27-15-18(5)6/h16-20,23H,9-15H2,1-8H3,(H,26,32)(H,27,33)(H,28,30)(H,29,31)/t20-,23?/m1/s1. The molecule has 10 nitrogen and oxygen atoms in total. The molecule has 0 bridgehead atoms. The van der Waals surface area contributed by atoms with E-state index in [4.69, 9.17) is 9.68 Å². The number of hydrogen-bond donors (Lipinski definition) is 4. The minimum atomic E-state index is -0.780. The monoisotopic (exact) mass is 500 g/mol. The lowest BCUT2D eigenvalue weighted by Gasteiger charge is -2.21. The Kier molecular flexibility index (Phi) is 17.0. The second kappa shape index (κ2) is 18.1. The van der Waals surface area contributed by atoms with Gasteiger partial charge in [0.05, 0.1) is 0 Å². The number of hydroxylamine groups is 2. The predicted molar refractivity (Wildman–Crippen MR) is 134 cm³/mol. The molecule has 0 saturated carbocycles. The van der Waals surface area contributed by atoms with Crippen LogP contribution in [0.2, 0.25) is 0 Å². The molecule has 0 fully saturated rings. The Balaban J connectivity index is 4.31. The van der Waals surface area contributed by atoms with E-state index in [1.54, 1.807) is 0 Å². The van der Waals surface area contributed by atoms with Gasteiger partial charge in [0.15, 0.2) is 12.2 Å². The van der Waals surface area contributed by atoms with Gasteiger partial charge < -0.3 is 10.6 Å². The number of amides is 4. The molecular weight excluding hydrogens is 452 g/mol. The first kappa shape index (κ1) is 32.8. The summed E-state index contributed by atoms with van der Waals surface area (Å²) in [5.41, 5.74) is 4.70. The van der Waals surface area contributed by atoms with Crippen molar-refractivity contribution in [2.24, 2.45) is 23.7 Å². The summed E-state index contributed by atoms with van der Waals surface area (Å²) < 4.78 is 0. The van der Waals surface area contributed by atoms with Crippen LogP contribution in [0.4, 0.5) is 0 Å². The molecule has 0 saturated heterocycles. The van der Waals surface area contributed by atoms with Gasteiger partial charge in [0.1, 0.15) is 0 Å². The van der Waals surface area contributed by atoms with Crippen molar-refractivity contribution >= 4 is 23.6 Å². The highest BCUT2D eigenvalue weighted by Crippen LogP contribution is 2.09. The molecule has 0 aliphatic rings. The Labute approximate surface area is 210 Å². The van der Waals surface area contributed by atoms with E-state index in [2.05, 4.69) is 21.6 Å². The van der Waals surface area contributed by atoms with Gasteiger partial charge in [-0.3, -0.25) is 28.9 Å². The van der Waals surface area contributed by atoms with Crippen LogP contribution in [0.1, 0.15) is 87.5 Å². The number of carbonyl (C=O) groups excluding carboxylic acids is 4. The average molecular weight is 501 g/mol. The molecule has 0 spiro atoms. The maximum absolute atomic E-state index is 12.3. The van der Waals surface area contributed by atoms with Gasteiger partial charge in [0, 0.05) is 25.9 Å². The van der Waals surface area contributed by atoms with Crippen LogP contribution in [0.15, 0.2) is 0 Å². The van der Waals surface area contributed by atoms with Crippen LogP contribution >= 0.6 is 0 Å². The molecule has 2 atom stereocenters. The molecule has 0 radical (unpaired) electrons. The Hall–Kier alpha value is -2.20. The number of carbonyl (C=O) groups is 4. The van der Waals surface area contributed by atoms with E-state index in [0.717, 1.165) is 0 Å². The zero-order valence-electron chi connectivity index (χ0n) is 22.9. The molecule has 0 aromatic carbocycles. The van der Waals surface area contributed by atoms with Gasteiger partial charge in [-0.05, 0) is 42.9 Å². The summed E-state index contributed by atoms with van der Waals surface area (Å²) >= 11 is 0. The van der Waals surface area contributed by atoms with Gasteiger partial charge >= 0.3 is 0 Å². The molecule has 0 rings (SSSR count). The van der Waals surface area contributed by atoms with Gasteiger partial charge in [0.2, 0.25) is 11.8 Å². The largest absolute Gasteiger partial charge is 0.354 e. The van der Waals surface area contributed by atoms with E-state index < -0.39 is 12.2 Å². The van der Waals surface area contributed by atoms with Crippen LogP contribution in [0, 0.1) is 23.7 Å². The summed E-state index contributed by atoms with van der Waals surface area (Å²) in [6.07, 6.45) is 0.169. The third kappa shape index (κ3) is 17.0. The highest BCUT2D eigenvalue weighted by atomic mass is 16.7. The van der Waals surface area contributed by atoms with Crippen molar-refractivity contribution in [3.8, 4) is 0 Å². The van der Waals surface area contributed by atoms with Crippen molar-refractivity contribution < 1.29 is 28.9 Å². The van der Waals surface area contributed by atoms with Crippen LogP contribution < -0.4 is 21.6 Å². The summed E-state index contributed by atoms with van der Waals surface area (Å²) in [6.45, 7) is 16.7. The van der Waals surface area contributed by atoms with Gasteiger partial charge in [0.25, 0.3) is 11.8 Å². The second-order valence-electron chi connectivity index (χ2n) is 10.6. The summed E-state index contributed by atoms with van der Waals surface area (Å²) in [6, 6.07) is 0. The lowest BCUT2D eigenvalue weighted by molar-refractivity contribution is -0.153. The van der Waals surface area contributed by atoms with Gasteiger partial charge in [-0.15, -0.1) is 0 Å². The first-order chi connectivity index (χ1) is 16.3. The fourth-order valence-corrected chi connectivity index (χ4v) is 2.89. The highest BCUT2D eigenvalue weighted by Gasteiger charge is 2.25. The van der Waals surface area contributed by atoms with Crippen molar-refractivity contribution in [2.75, 3.05) is 13.1 Å². The van der Waals surface area contributed by atoms with Gasteiger partial charge in [-0.25, -0.2) is 11.0 Å². The van der Waals surface area contributed by atoms with E-state index in [0.29, 0.717) is 44.2 Å². The predicted octanol–water partition coefficient (Wildman–Crippen LogP) is 2.63. The summed E-state index contributed by atoms with van der Waals surface area (Å²) in [5, 5.41) is 5.63. The molecule has 1 unspecified atom stereocenters. The SMILES string of the molecule is CC(C)CNC(=O)C(ONC(=O)CCCCC(=O)NO[C@H](CC(C)C)C(=O)NCC(C)C)C(C)C. The number of unbranched alkanes of at least 4 members (excludes halogenated alkanes) is 1. The molecule has 10 heteroatoms. The normalized spacial score (nSPS) is 13.1. The Morgan fingerprint density at radius 2 is 1.09 bits per heavy atom. The van der Waals surface area contributed by atoms with Crippen LogP contribution in [-0.4, -0.2) is 48.9 Å². The minimum Gasteiger partial charge on any atom is -0.354 e. The van der Waals surface area contributed by atoms with Crippen molar-refractivity contribution in [1.29, 1.82) is 0 Å². The van der Waals surface area contributed by atoms with Crippen LogP contribution in [0.3, 0.4) is 0 Å². The zero-order valence-corrected chi connectivity index (χ0v) is 22.9. The van der Waals surface area contributed by atoms with Crippen molar-refractivity contribution in [3.05, 3.63) is 0 Å². The number of nitrogens with one attached hydrogen (secondary N) is 4. The smallest absolute Gasteiger partial charge is 0.252 e. The molecule has 0 aliphatic carbocycles. The molecular formula is C25H48N4O6. The third-order valence-corrected chi connectivity index (χ3v) is 4.88. The lowest BCUT2D eigenvalue weighted by atomic mass is 10.1. The second-order valence-corrected chi connectivity index (χ2v) is 10.6. The summed E-state index contributed by atoms with van der Waals surface area (Å²) in [5.74, 6) is -0.490. The Morgan fingerprint density at radius 3 is 1.51 bits per heavy atom. The topological polar surface area (TPSA) is 135 Å². The fourth-order valence-electron chi connectivity index (χ4n) is 2.89. The van der Waals surface area contributed by atoms with E-state index in [1.807, 2.05) is 55.4 Å². The maximum atomic E-state index is 12.3. The lowest BCUT2D eigenvalue weighted by Crippen LogP contribution is -2.44. The van der Waals surface area contributed by atoms with Crippen LogP contribution in [0.25, 0.3) is 0 Å². The molecule has 0 aromatic heterocycles. The first-order valence-corrected chi connectivity index (χ1v) is 12.8. The van der Waals surface area contributed by atoms with Gasteiger partial charge in [-0.1, -0.05) is 55.4 Å². The zero-order chi connectivity index (χ0) is 27.0. The Bertz CT molecular complexity index is 652. The minimum absolute atomic E-state index is 0.113. The Morgan fingerprint density at radius 1 is 0.629 bits per heavy atom. The fraction of sp³-hybridized carbons (Fsp3) is 0.840. The van der Waals surface area contributed by atoms with Crippen molar-refractivity contribution in [1.82, 2.24) is 21.6 Å². The third-order valence-electron chi connectivity index (χ3n) is 4.88. The molecule has 4 N–H and O–H groups in total. The molecule has 0 aliphatic heterocycles. The molecule has 4 amide bonds. The summed E-state index contributed by atoms with van der Waals surface area (Å²) in [4.78, 5) is 59.5. The highest BCUT2D eigenvalue weighted by molar-refractivity contribution is 5.82. The van der Waals surface area contributed by atoms with Crippen molar-refractivity contribution in [3.63, 3.8) is 0 Å². The number of rotatable bonds is 18.